The highest BCUT2D eigenvalue weighted by Gasteiger charge is 2.12. The van der Waals surface area contributed by atoms with Crippen molar-refractivity contribution in [1.82, 2.24) is 0 Å². The number of thioether (sulfide) groups is 1. The number of carbonyl (C=O) groups excluding carboxylic acids is 1. The lowest BCUT2D eigenvalue weighted by Crippen LogP contribution is -2.16. The van der Waals surface area contributed by atoms with Crippen LogP contribution in [0.1, 0.15) is 36.5 Å². The van der Waals surface area contributed by atoms with Gasteiger partial charge in [0.1, 0.15) is 0 Å². The Bertz CT molecular complexity index is 668. The van der Waals surface area contributed by atoms with Crippen molar-refractivity contribution in [2.75, 3.05) is 11.1 Å². The van der Waals surface area contributed by atoms with E-state index in [0.29, 0.717) is 11.7 Å². The van der Waals surface area contributed by atoms with Crippen LogP contribution in [0, 0.1) is 6.92 Å². The number of hydrogen-bond acceptors (Lipinski definition) is 2. The van der Waals surface area contributed by atoms with Crippen molar-refractivity contribution in [3.8, 4) is 0 Å². The molecule has 1 amide bonds. The van der Waals surface area contributed by atoms with Gasteiger partial charge in [0.2, 0.25) is 5.91 Å². The molecule has 0 aliphatic rings. The van der Waals surface area contributed by atoms with E-state index in [1.54, 1.807) is 11.8 Å². The highest BCUT2D eigenvalue weighted by Crippen LogP contribution is 2.27. The molecule has 23 heavy (non-hydrogen) atoms. The van der Waals surface area contributed by atoms with Crippen LogP contribution >= 0.6 is 27.7 Å². The third-order valence-electron chi connectivity index (χ3n) is 3.61. The van der Waals surface area contributed by atoms with Gasteiger partial charge in [0.15, 0.2) is 0 Å². The van der Waals surface area contributed by atoms with E-state index in [2.05, 4.69) is 53.3 Å². The number of nitrogens with one attached hydrogen (secondary N) is 1. The van der Waals surface area contributed by atoms with Crippen LogP contribution in [0.2, 0.25) is 0 Å². The van der Waals surface area contributed by atoms with E-state index < -0.39 is 0 Å². The van der Waals surface area contributed by atoms with Crippen LogP contribution in [-0.2, 0) is 10.5 Å². The largest absolute Gasteiger partial charge is 0.325 e. The minimum absolute atomic E-state index is 0.0586. The molecule has 0 radical (unpaired) electrons. The summed E-state index contributed by atoms with van der Waals surface area (Å²) in [7, 11) is 0. The Morgan fingerprint density at radius 1 is 1.17 bits per heavy atom. The molecule has 0 saturated carbocycles. The van der Waals surface area contributed by atoms with E-state index in [4.69, 9.17) is 0 Å². The van der Waals surface area contributed by atoms with Crippen molar-refractivity contribution in [2.24, 2.45) is 0 Å². The number of anilines is 1. The van der Waals surface area contributed by atoms with Gasteiger partial charge in [0.05, 0.1) is 5.75 Å². The first kappa shape index (κ1) is 18.1. The zero-order chi connectivity index (χ0) is 16.8. The van der Waals surface area contributed by atoms with Crippen molar-refractivity contribution in [1.29, 1.82) is 0 Å². The molecular formula is C19H22BrNOS. The van der Waals surface area contributed by atoms with E-state index in [9.17, 15) is 4.79 Å². The Hall–Kier alpha value is -1.26. The van der Waals surface area contributed by atoms with Gasteiger partial charge < -0.3 is 5.32 Å². The molecule has 2 rings (SSSR count). The maximum atomic E-state index is 12.2. The first-order valence-electron chi connectivity index (χ1n) is 7.69. The van der Waals surface area contributed by atoms with Crippen LogP contribution in [-0.4, -0.2) is 11.7 Å². The van der Waals surface area contributed by atoms with Crippen molar-refractivity contribution in [2.45, 2.75) is 32.4 Å². The summed E-state index contributed by atoms with van der Waals surface area (Å²) in [6.45, 7) is 6.33. The van der Waals surface area contributed by atoms with Gasteiger partial charge in [-0.05, 0) is 41.7 Å². The first-order chi connectivity index (χ1) is 11.0. The van der Waals surface area contributed by atoms with Gasteiger partial charge in [-0.2, -0.15) is 0 Å². The zero-order valence-electron chi connectivity index (χ0n) is 13.7. The normalized spacial score (nSPS) is 10.8. The number of benzene rings is 2. The lowest BCUT2D eigenvalue weighted by Gasteiger charge is -2.16. The van der Waals surface area contributed by atoms with Gasteiger partial charge in [-0.25, -0.2) is 0 Å². The van der Waals surface area contributed by atoms with Crippen molar-refractivity contribution >= 4 is 39.3 Å². The fourth-order valence-corrected chi connectivity index (χ4v) is 3.41. The van der Waals surface area contributed by atoms with Gasteiger partial charge in [0, 0.05) is 15.9 Å². The predicted molar refractivity (Wildman–Crippen MR) is 104 cm³/mol. The van der Waals surface area contributed by atoms with Crippen LogP contribution < -0.4 is 5.32 Å². The molecule has 0 unspecified atom stereocenters. The summed E-state index contributed by atoms with van der Waals surface area (Å²) in [5.74, 6) is 1.75. The maximum Gasteiger partial charge on any atom is 0.234 e. The van der Waals surface area contributed by atoms with Gasteiger partial charge in [-0.3, -0.25) is 4.79 Å². The average Bonchev–Trinajstić information content (AvgIpc) is 2.51. The summed E-state index contributed by atoms with van der Waals surface area (Å²) in [5, 5.41) is 3.09. The molecule has 2 nitrogen and oxygen atoms in total. The molecule has 0 atom stereocenters. The fourth-order valence-electron chi connectivity index (χ4n) is 2.36. The Labute approximate surface area is 151 Å². The number of amides is 1. The summed E-state index contributed by atoms with van der Waals surface area (Å²) < 4.78 is 1.07. The number of para-hydroxylation sites is 1. The number of rotatable bonds is 6. The SMILES string of the molecule is Cc1cccc(C(C)C)c1NC(=O)CSCc1ccc(Br)cc1. The minimum atomic E-state index is 0.0586. The second kappa shape index (κ2) is 8.55. The van der Waals surface area contributed by atoms with E-state index >= 15 is 0 Å². The Morgan fingerprint density at radius 2 is 1.87 bits per heavy atom. The van der Waals surface area contributed by atoms with Gasteiger partial charge in [-0.1, -0.05) is 60.1 Å². The van der Waals surface area contributed by atoms with E-state index in [1.807, 2.05) is 31.2 Å². The van der Waals surface area contributed by atoms with Crippen LogP contribution in [0.4, 0.5) is 5.69 Å². The molecule has 0 fully saturated rings. The molecule has 0 aromatic heterocycles. The number of hydrogen-bond donors (Lipinski definition) is 1. The summed E-state index contributed by atoms with van der Waals surface area (Å²) in [4.78, 5) is 12.2. The third-order valence-corrected chi connectivity index (χ3v) is 5.14. The lowest BCUT2D eigenvalue weighted by atomic mass is 9.98. The number of aryl methyl sites for hydroxylation is 1. The molecule has 0 saturated heterocycles. The average molecular weight is 392 g/mol. The molecule has 2 aromatic rings. The molecular weight excluding hydrogens is 370 g/mol. The molecule has 0 spiro atoms. The number of halogens is 1. The maximum absolute atomic E-state index is 12.2. The smallest absolute Gasteiger partial charge is 0.234 e. The molecule has 1 N–H and O–H groups in total. The highest BCUT2D eigenvalue weighted by molar-refractivity contribution is 9.10. The summed E-state index contributed by atoms with van der Waals surface area (Å²) >= 11 is 5.06. The summed E-state index contributed by atoms with van der Waals surface area (Å²) in [6, 6.07) is 14.4. The zero-order valence-corrected chi connectivity index (χ0v) is 16.1. The Morgan fingerprint density at radius 3 is 2.52 bits per heavy atom. The second-order valence-electron chi connectivity index (χ2n) is 5.86. The third kappa shape index (κ3) is 5.40. The van der Waals surface area contributed by atoms with E-state index in [0.717, 1.165) is 21.5 Å². The molecule has 0 bridgehead atoms. The van der Waals surface area contributed by atoms with Crippen LogP contribution in [0.15, 0.2) is 46.9 Å². The lowest BCUT2D eigenvalue weighted by molar-refractivity contribution is -0.113. The predicted octanol–water partition coefficient (Wildman–Crippen LogP) is 5.75. The molecule has 0 heterocycles. The van der Waals surface area contributed by atoms with Crippen molar-refractivity contribution in [3.05, 3.63) is 63.6 Å². The molecule has 122 valence electrons. The Balaban J connectivity index is 1.91. The van der Waals surface area contributed by atoms with Crippen LogP contribution in [0.5, 0.6) is 0 Å². The van der Waals surface area contributed by atoms with Crippen molar-refractivity contribution in [3.63, 3.8) is 0 Å². The van der Waals surface area contributed by atoms with E-state index in [1.165, 1.54) is 11.1 Å². The minimum Gasteiger partial charge on any atom is -0.325 e. The fraction of sp³-hybridized carbons (Fsp3) is 0.316. The van der Waals surface area contributed by atoms with Crippen LogP contribution in [0.25, 0.3) is 0 Å². The molecule has 4 heteroatoms. The second-order valence-corrected chi connectivity index (χ2v) is 7.76. The topological polar surface area (TPSA) is 29.1 Å². The number of carbonyl (C=O) groups is 1. The van der Waals surface area contributed by atoms with Gasteiger partial charge in [-0.15, -0.1) is 11.8 Å². The highest BCUT2D eigenvalue weighted by atomic mass is 79.9. The molecule has 0 aliphatic carbocycles. The monoisotopic (exact) mass is 391 g/mol. The quantitative estimate of drug-likeness (QED) is 0.678. The first-order valence-corrected chi connectivity index (χ1v) is 9.63. The molecule has 2 aromatic carbocycles. The standard InChI is InChI=1S/C19H22BrNOS/c1-13(2)17-6-4-5-14(3)19(17)21-18(22)12-23-11-15-7-9-16(20)10-8-15/h4-10,13H,11-12H2,1-3H3,(H,21,22). The summed E-state index contributed by atoms with van der Waals surface area (Å²) in [6.07, 6.45) is 0. The van der Waals surface area contributed by atoms with Gasteiger partial charge >= 0.3 is 0 Å². The Kier molecular flexibility index (Phi) is 6.72. The van der Waals surface area contributed by atoms with Crippen LogP contribution in [0.3, 0.4) is 0 Å². The summed E-state index contributed by atoms with van der Waals surface area (Å²) in [5.41, 5.74) is 4.50. The molecule has 0 aliphatic heterocycles. The van der Waals surface area contributed by atoms with Crippen molar-refractivity contribution < 1.29 is 4.79 Å². The van der Waals surface area contributed by atoms with E-state index in [-0.39, 0.29) is 5.91 Å². The van der Waals surface area contributed by atoms with Gasteiger partial charge in [0.25, 0.3) is 0 Å².